The molecule has 0 spiro atoms. The van der Waals surface area contributed by atoms with Gasteiger partial charge in [-0.15, -0.1) is 0 Å². The minimum Gasteiger partial charge on any atom is -0.394 e. The number of hydrogen-bond acceptors (Lipinski definition) is 16. The second-order valence-corrected chi connectivity index (χ2v) is 8.01. The first-order valence-corrected chi connectivity index (χ1v) is 10.4. The highest BCUT2D eigenvalue weighted by Crippen LogP contribution is 2.27. The van der Waals surface area contributed by atoms with Crippen molar-refractivity contribution >= 4 is 6.29 Å². The van der Waals surface area contributed by atoms with Crippen molar-refractivity contribution in [1.29, 1.82) is 0 Å². The molecular weight excluding hydrogens is 472 g/mol. The molecule has 2 saturated heterocycles. The SMILES string of the molecule is O=C[C@H](O[C@@H]1O[C@H](CO[C@H]2O[C@H](CO)[C@@H](O)[C@H](O)[C@H]2O)[C@@H](O)[C@H](O)[C@H]1O)[C@@H](O)[C@H](O)[C@H](O)CO. The number of carbonyl (C=O) groups is 1. The van der Waals surface area contributed by atoms with Gasteiger partial charge in [-0.05, 0) is 0 Å². The number of aliphatic hydroxyl groups excluding tert-OH is 11. The largest absolute Gasteiger partial charge is 0.394 e. The van der Waals surface area contributed by atoms with E-state index in [0.717, 1.165) is 0 Å². The van der Waals surface area contributed by atoms with Gasteiger partial charge in [0.15, 0.2) is 18.9 Å². The lowest BCUT2D eigenvalue weighted by Crippen LogP contribution is -2.62. The fourth-order valence-corrected chi connectivity index (χ4v) is 3.44. The van der Waals surface area contributed by atoms with Crippen LogP contribution in [0.25, 0.3) is 0 Å². The van der Waals surface area contributed by atoms with Crippen molar-refractivity contribution in [1.82, 2.24) is 0 Å². The first kappa shape index (κ1) is 29.3. The third kappa shape index (κ3) is 6.44. The number of carbonyl (C=O) groups excluding carboxylic acids is 1. The first-order valence-electron chi connectivity index (χ1n) is 10.4. The Morgan fingerprint density at radius 3 is 1.79 bits per heavy atom. The van der Waals surface area contributed by atoms with Crippen molar-refractivity contribution in [2.24, 2.45) is 0 Å². The minimum atomic E-state index is -2.08. The van der Waals surface area contributed by atoms with Crippen LogP contribution in [0.15, 0.2) is 0 Å². The number of aliphatic hydroxyl groups is 11. The van der Waals surface area contributed by atoms with E-state index in [2.05, 4.69) is 0 Å². The molecule has 0 aliphatic carbocycles. The van der Waals surface area contributed by atoms with E-state index in [1.807, 2.05) is 0 Å². The molecule has 0 aromatic carbocycles. The highest BCUT2D eigenvalue weighted by molar-refractivity contribution is 5.57. The third-order valence-electron chi connectivity index (χ3n) is 5.63. The zero-order chi connectivity index (χ0) is 25.7. The Morgan fingerprint density at radius 1 is 0.735 bits per heavy atom. The fraction of sp³-hybridized carbons (Fsp3) is 0.944. The predicted octanol–water partition coefficient (Wildman–Crippen LogP) is -7.73. The summed E-state index contributed by atoms with van der Waals surface area (Å²) in [6.45, 7) is -2.33. The molecule has 0 aromatic heterocycles. The lowest BCUT2D eigenvalue weighted by Gasteiger charge is -2.43. The van der Waals surface area contributed by atoms with Gasteiger partial charge in [0.05, 0.1) is 19.8 Å². The topological polar surface area (TPSA) is 277 Å². The Kier molecular flexibility index (Phi) is 11.1. The van der Waals surface area contributed by atoms with E-state index in [1.54, 1.807) is 0 Å². The summed E-state index contributed by atoms with van der Waals surface area (Å²) in [5.74, 6) is 0. The van der Waals surface area contributed by atoms with Gasteiger partial charge in [0.25, 0.3) is 0 Å². The van der Waals surface area contributed by atoms with Gasteiger partial charge in [0.2, 0.25) is 0 Å². The lowest BCUT2D eigenvalue weighted by atomic mass is 9.98. The summed E-state index contributed by atoms with van der Waals surface area (Å²) in [7, 11) is 0. The van der Waals surface area contributed by atoms with Crippen LogP contribution in [-0.4, -0.2) is 168 Å². The molecule has 0 saturated carbocycles. The van der Waals surface area contributed by atoms with Gasteiger partial charge in [-0.2, -0.15) is 0 Å². The zero-order valence-corrected chi connectivity index (χ0v) is 17.7. The quantitative estimate of drug-likeness (QED) is 0.117. The van der Waals surface area contributed by atoms with Crippen molar-refractivity contribution < 1.29 is 79.9 Å². The van der Waals surface area contributed by atoms with E-state index >= 15 is 0 Å². The molecule has 2 rings (SSSR count). The molecule has 2 heterocycles. The number of rotatable bonds is 11. The zero-order valence-electron chi connectivity index (χ0n) is 17.7. The molecule has 14 atom stereocenters. The summed E-state index contributed by atoms with van der Waals surface area (Å²) >= 11 is 0. The van der Waals surface area contributed by atoms with Crippen molar-refractivity contribution in [3.8, 4) is 0 Å². The van der Waals surface area contributed by atoms with Gasteiger partial charge < -0.3 is 79.9 Å². The molecule has 11 N–H and O–H groups in total. The van der Waals surface area contributed by atoms with E-state index in [1.165, 1.54) is 0 Å². The van der Waals surface area contributed by atoms with E-state index in [0.29, 0.717) is 0 Å². The van der Waals surface area contributed by atoms with Crippen LogP contribution in [0.2, 0.25) is 0 Å². The Bertz CT molecular complexity index is 623. The highest BCUT2D eigenvalue weighted by atomic mass is 16.7. The maximum absolute atomic E-state index is 11.3. The molecule has 0 aromatic rings. The minimum absolute atomic E-state index is 0.00490. The molecule has 0 bridgehead atoms. The van der Waals surface area contributed by atoms with Crippen LogP contribution in [-0.2, 0) is 23.7 Å². The molecule has 16 heteroatoms. The van der Waals surface area contributed by atoms with Crippen LogP contribution in [0.1, 0.15) is 0 Å². The molecule has 0 unspecified atom stereocenters. The van der Waals surface area contributed by atoms with Crippen molar-refractivity contribution in [3.63, 3.8) is 0 Å². The van der Waals surface area contributed by atoms with E-state index in [-0.39, 0.29) is 6.29 Å². The van der Waals surface area contributed by atoms with Crippen LogP contribution >= 0.6 is 0 Å². The monoisotopic (exact) mass is 504 g/mol. The average Bonchev–Trinajstić information content (AvgIpc) is 2.84. The molecule has 200 valence electrons. The Labute approximate surface area is 192 Å². The number of ether oxygens (including phenoxy) is 4. The Morgan fingerprint density at radius 2 is 1.26 bits per heavy atom. The second-order valence-electron chi connectivity index (χ2n) is 8.01. The van der Waals surface area contributed by atoms with Gasteiger partial charge in [-0.3, -0.25) is 0 Å². The van der Waals surface area contributed by atoms with E-state index in [9.17, 15) is 55.9 Å². The van der Waals surface area contributed by atoms with Crippen LogP contribution in [0.5, 0.6) is 0 Å². The molecule has 34 heavy (non-hydrogen) atoms. The van der Waals surface area contributed by atoms with Crippen LogP contribution in [0.3, 0.4) is 0 Å². The molecule has 16 nitrogen and oxygen atoms in total. The van der Waals surface area contributed by atoms with E-state index < -0.39 is 106 Å². The number of hydrogen-bond donors (Lipinski definition) is 11. The normalized spacial score (nSPS) is 42.6. The Balaban J connectivity index is 2.05. The summed E-state index contributed by atoms with van der Waals surface area (Å²) < 4.78 is 20.8. The highest BCUT2D eigenvalue weighted by Gasteiger charge is 2.48. The molecular formula is C18H32O16. The van der Waals surface area contributed by atoms with Gasteiger partial charge in [0.1, 0.15) is 73.2 Å². The molecule has 0 amide bonds. The van der Waals surface area contributed by atoms with Crippen molar-refractivity contribution in [2.75, 3.05) is 19.8 Å². The molecule has 2 fully saturated rings. The van der Waals surface area contributed by atoms with E-state index in [4.69, 9.17) is 24.1 Å². The molecule has 0 radical (unpaired) electrons. The van der Waals surface area contributed by atoms with Crippen molar-refractivity contribution in [3.05, 3.63) is 0 Å². The Hall–Kier alpha value is -0.930. The average molecular weight is 504 g/mol. The summed E-state index contributed by atoms with van der Waals surface area (Å²) in [4.78, 5) is 11.3. The molecule has 2 aliphatic heterocycles. The second kappa shape index (κ2) is 12.9. The van der Waals surface area contributed by atoms with Gasteiger partial charge in [-0.1, -0.05) is 0 Å². The van der Waals surface area contributed by atoms with Crippen LogP contribution < -0.4 is 0 Å². The molecule has 2 aliphatic rings. The number of aldehydes is 1. The summed E-state index contributed by atoms with van der Waals surface area (Å²) in [6, 6.07) is 0. The maximum atomic E-state index is 11.3. The maximum Gasteiger partial charge on any atom is 0.187 e. The van der Waals surface area contributed by atoms with Gasteiger partial charge in [0, 0.05) is 0 Å². The third-order valence-corrected chi connectivity index (χ3v) is 5.63. The summed E-state index contributed by atoms with van der Waals surface area (Å²) in [5.41, 5.74) is 0. The summed E-state index contributed by atoms with van der Waals surface area (Å²) in [6.07, 6.45) is -24.9. The fourth-order valence-electron chi connectivity index (χ4n) is 3.44. The van der Waals surface area contributed by atoms with Gasteiger partial charge >= 0.3 is 0 Å². The predicted molar refractivity (Wildman–Crippen MR) is 102 cm³/mol. The summed E-state index contributed by atoms with van der Waals surface area (Å²) in [5, 5.41) is 107. The smallest absolute Gasteiger partial charge is 0.187 e. The van der Waals surface area contributed by atoms with Crippen LogP contribution in [0, 0.1) is 0 Å². The van der Waals surface area contributed by atoms with Crippen LogP contribution in [0.4, 0.5) is 0 Å². The lowest BCUT2D eigenvalue weighted by molar-refractivity contribution is -0.337. The first-order chi connectivity index (χ1) is 16.0. The van der Waals surface area contributed by atoms with Crippen molar-refractivity contribution in [2.45, 2.75) is 85.8 Å². The van der Waals surface area contributed by atoms with Gasteiger partial charge in [-0.25, -0.2) is 0 Å². The standard InChI is InChI=1S/C18H32O16/c19-1-5(22)9(23)10(24)6(2-20)33-18-16(30)14(28)12(26)8(34-18)4-31-17-15(29)13(27)11(25)7(3-21)32-17/h2,5-19,21-30H,1,3-4H2/t5-,6+,7-,8-,9-,10-,11-,12-,13+,14+,15-,16-,17+,18-/m1/s1.